The van der Waals surface area contributed by atoms with Crippen LogP contribution in [0.5, 0.6) is 11.5 Å². The Morgan fingerprint density at radius 1 is 0.480 bits per heavy atom. The molecule has 4 heterocycles. The van der Waals surface area contributed by atoms with Gasteiger partial charge in [0.15, 0.2) is 11.6 Å². The summed E-state index contributed by atoms with van der Waals surface area (Å²) in [6.45, 7) is 1.26. The summed E-state index contributed by atoms with van der Waals surface area (Å²) in [4.78, 5) is 12.2. The van der Waals surface area contributed by atoms with Gasteiger partial charge in [0.1, 0.15) is 49.5 Å². The van der Waals surface area contributed by atoms with E-state index < -0.39 is 0 Å². The number of nitrogens with zero attached hydrogens (tertiary/aromatic N) is 12. The van der Waals surface area contributed by atoms with Crippen LogP contribution < -0.4 is 9.47 Å². The minimum absolute atomic E-state index is 0.301. The number of hydrogen-bond donors (Lipinski definition) is 2. The number of rotatable bonds is 13. The topological polar surface area (TPSA) is 189 Å². The van der Waals surface area contributed by atoms with Crippen LogP contribution in [-0.2, 0) is 13.1 Å². The van der Waals surface area contributed by atoms with Gasteiger partial charge in [0.05, 0.1) is 0 Å². The lowest BCUT2D eigenvalue weighted by atomic mass is 10.2. The first-order chi connectivity index (χ1) is 24.7. The molecule has 0 aliphatic carbocycles. The van der Waals surface area contributed by atoms with E-state index in [9.17, 15) is 0 Å². The normalized spacial score (nSPS) is 11.1. The summed E-state index contributed by atoms with van der Waals surface area (Å²) < 4.78 is 11.9. The molecule has 8 rings (SSSR count). The summed E-state index contributed by atoms with van der Waals surface area (Å²) in [5.74, 6) is 4.71. The van der Waals surface area contributed by atoms with Crippen molar-refractivity contribution < 1.29 is 9.47 Å². The highest BCUT2D eigenvalue weighted by Crippen LogP contribution is 2.23. The number of ether oxygens (including phenoxy) is 2. The lowest BCUT2D eigenvalue weighted by Crippen LogP contribution is -2.09. The summed E-state index contributed by atoms with van der Waals surface area (Å²) in [6, 6.07) is 34.5. The Balaban J connectivity index is 0.831. The molecule has 0 aliphatic rings. The van der Waals surface area contributed by atoms with Crippen LogP contribution in [0.25, 0.3) is 45.6 Å². The Kier molecular flexibility index (Phi) is 8.43. The van der Waals surface area contributed by atoms with Crippen molar-refractivity contribution in [2.24, 2.45) is 0 Å². The van der Waals surface area contributed by atoms with E-state index in [4.69, 9.17) is 9.47 Å². The maximum absolute atomic E-state index is 5.97. The van der Waals surface area contributed by atoms with E-state index in [1.807, 2.05) is 109 Å². The van der Waals surface area contributed by atoms with Crippen LogP contribution >= 0.6 is 0 Å². The van der Waals surface area contributed by atoms with Gasteiger partial charge in [-0.3, -0.25) is 10.2 Å². The first kappa shape index (κ1) is 30.2. The molecule has 0 saturated carbocycles. The Morgan fingerprint density at radius 3 is 1.38 bits per heavy atom. The van der Waals surface area contributed by atoms with E-state index >= 15 is 0 Å². The number of hydrogen-bond acceptors (Lipinski definition) is 12. The van der Waals surface area contributed by atoms with Crippen molar-refractivity contribution in [3.63, 3.8) is 0 Å². The Hall–Kier alpha value is -7.10. The van der Waals surface area contributed by atoms with Gasteiger partial charge in [0.25, 0.3) is 0 Å². The minimum atomic E-state index is 0.301. The molecular formula is C34H28N14O2. The number of aromatic nitrogens is 14. The fourth-order valence-corrected chi connectivity index (χ4v) is 5.05. The van der Waals surface area contributed by atoms with Gasteiger partial charge in [-0.25, -0.2) is 9.97 Å². The van der Waals surface area contributed by atoms with Gasteiger partial charge in [0, 0.05) is 22.3 Å². The van der Waals surface area contributed by atoms with Gasteiger partial charge in [-0.1, -0.05) is 84.9 Å². The predicted octanol–water partition coefficient (Wildman–Crippen LogP) is 4.12. The molecule has 0 amide bonds. The first-order valence-corrected chi connectivity index (χ1v) is 15.7. The van der Waals surface area contributed by atoms with Gasteiger partial charge in [-0.2, -0.15) is 19.8 Å². The standard InChI is InChI=1S/C34H28N14O2/c1-3-9-23(10-4-1)33-41-45-47(43-33)21-29-35-31(39-37-29)25-13-7-15-27(19-25)49-17-18-50-28-16-8-14-26(20-28)32-36-30(38-40-32)22-48-44-34(42-46-48)24-11-5-2-6-12-24/h1-16,19-20H,17-18,21-22H2,(H,35,37,39)(H,36,38,40). The Bertz CT molecular complexity index is 2150. The number of tetrazole rings is 2. The molecule has 246 valence electrons. The van der Waals surface area contributed by atoms with E-state index in [1.165, 1.54) is 9.59 Å². The largest absolute Gasteiger partial charge is 0.490 e. The second-order valence-corrected chi connectivity index (χ2v) is 11.0. The maximum atomic E-state index is 5.97. The van der Waals surface area contributed by atoms with Gasteiger partial charge in [0.2, 0.25) is 11.6 Å². The molecule has 0 fully saturated rings. The van der Waals surface area contributed by atoms with Crippen LogP contribution in [0, 0.1) is 0 Å². The molecule has 16 heteroatoms. The van der Waals surface area contributed by atoms with E-state index in [-0.39, 0.29) is 0 Å². The summed E-state index contributed by atoms with van der Waals surface area (Å²) in [6.07, 6.45) is 0. The van der Waals surface area contributed by atoms with Crippen molar-refractivity contribution in [1.82, 2.24) is 70.8 Å². The van der Waals surface area contributed by atoms with Crippen molar-refractivity contribution >= 4 is 0 Å². The Labute approximate surface area is 284 Å². The summed E-state index contributed by atoms with van der Waals surface area (Å²) in [7, 11) is 0. The highest BCUT2D eigenvalue weighted by Gasteiger charge is 2.13. The van der Waals surface area contributed by atoms with Crippen LogP contribution in [0.15, 0.2) is 109 Å². The zero-order valence-electron chi connectivity index (χ0n) is 26.4. The molecule has 0 atom stereocenters. The van der Waals surface area contributed by atoms with E-state index in [1.54, 1.807) is 0 Å². The molecule has 0 unspecified atom stereocenters. The van der Waals surface area contributed by atoms with Crippen LogP contribution in [0.2, 0.25) is 0 Å². The molecule has 0 aliphatic heterocycles. The summed E-state index contributed by atoms with van der Waals surface area (Å²) in [5, 5.41) is 40.1. The van der Waals surface area contributed by atoms with E-state index in [0.717, 1.165) is 22.3 Å². The zero-order valence-corrected chi connectivity index (χ0v) is 26.4. The van der Waals surface area contributed by atoms with Crippen LogP contribution in [-0.4, -0.2) is 84.0 Å². The maximum Gasteiger partial charge on any atom is 0.204 e. The van der Waals surface area contributed by atoms with Crippen molar-refractivity contribution in [3.05, 3.63) is 121 Å². The monoisotopic (exact) mass is 664 g/mol. The van der Waals surface area contributed by atoms with Crippen molar-refractivity contribution in [2.75, 3.05) is 13.2 Å². The van der Waals surface area contributed by atoms with Gasteiger partial charge < -0.3 is 9.47 Å². The molecule has 8 aromatic rings. The van der Waals surface area contributed by atoms with Crippen LogP contribution in [0.4, 0.5) is 0 Å². The van der Waals surface area contributed by atoms with Gasteiger partial charge in [-0.05, 0) is 34.7 Å². The van der Waals surface area contributed by atoms with E-state index in [0.29, 0.717) is 72.7 Å². The highest BCUT2D eigenvalue weighted by atomic mass is 16.5. The minimum Gasteiger partial charge on any atom is -0.490 e. The third-order valence-corrected chi connectivity index (χ3v) is 7.42. The summed E-state index contributed by atoms with van der Waals surface area (Å²) >= 11 is 0. The lowest BCUT2D eigenvalue weighted by Gasteiger charge is -2.09. The molecule has 16 nitrogen and oxygen atoms in total. The van der Waals surface area contributed by atoms with E-state index in [2.05, 4.69) is 61.2 Å². The quantitative estimate of drug-likeness (QED) is 0.168. The number of H-pyrrole nitrogens is 2. The third kappa shape index (κ3) is 7.08. The molecule has 2 N–H and O–H groups in total. The fraction of sp³-hybridized carbons (Fsp3) is 0.118. The highest BCUT2D eigenvalue weighted by molar-refractivity contribution is 5.58. The van der Waals surface area contributed by atoms with Crippen LogP contribution in [0.1, 0.15) is 11.6 Å². The van der Waals surface area contributed by atoms with Crippen molar-refractivity contribution in [3.8, 4) is 57.1 Å². The lowest BCUT2D eigenvalue weighted by molar-refractivity contribution is 0.217. The predicted molar refractivity (Wildman–Crippen MR) is 179 cm³/mol. The second kappa shape index (κ2) is 13.9. The SMILES string of the molecule is c1ccc(-c2nnn(Cc3nc(-c4cccc(OCCOc5cccc(-c6n[nH]c(Cn7nnc(-c8ccccc8)n7)n6)c5)c4)n[nH]3)n2)cc1. The van der Waals surface area contributed by atoms with Crippen LogP contribution in [0.3, 0.4) is 0 Å². The third-order valence-electron chi connectivity index (χ3n) is 7.42. The van der Waals surface area contributed by atoms with Crippen molar-refractivity contribution in [2.45, 2.75) is 13.1 Å². The second-order valence-electron chi connectivity index (χ2n) is 11.0. The fourth-order valence-electron chi connectivity index (χ4n) is 5.05. The molecule has 0 radical (unpaired) electrons. The molecule has 0 saturated heterocycles. The number of benzene rings is 4. The molecule has 4 aromatic carbocycles. The average molecular weight is 665 g/mol. The molecule has 4 aromatic heterocycles. The number of aromatic amines is 2. The molecular weight excluding hydrogens is 636 g/mol. The first-order valence-electron chi connectivity index (χ1n) is 15.7. The van der Waals surface area contributed by atoms with Crippen molar-refractivity contribution in [1.29, 1.82) is 0 Å². The summed E-state index contributed by atoms with van der Waals surface area (Å²) in [5.41, 5.74) is 3.39. The smallest absolute Gasteiger partial charge is 0.204 e. The average Bonchev–Trinajstić information content (AvgIpc) is 4.01. The molecule has 50 heavy (non-hydrogen) atoms. The number of nitrogens with one attached hydrogen (secondary N) is 2. The molecule has 0 bridgehead atoms. The zero-order chi connectivity index (χ0) is 33.5. The Morgan fingerprint density at radius 2 is 0.920 bits per heavy atom. The van der Waals surface area contributed by atoms with Gasteiger partial charge >= 0.3 is 0 Å². The van der Waals surface area contributed by atoms with Gasteiger partial charge in [-0.15, -0.1) is 20.4 Å². The molecule has 0 spiro atoms.